The first-order valence-electron chi connectivity index (χ1n) is 4.27. The zero-order valence-electron chi connectivity index (χ0n) is 6.26. The molecule has 4 saturated carbocycles. The van der Waals surface area contributed by atoms with Gasteiger partial charge in [-0.3, -0.25) is 4.79 Å². The van der Waals surface area contributed by atoms with E-state index in [0.717, 1.165) is 5.92 Å². The number of carbonyl (C=O) groups is 1. The van der Waals surface area contributed by atoms with Gasteiger partial charge >= 0.3 is 0 Å². The molecule has 4 rings (SSSR count). The van der Waals surface area contributed by atoms with Crippen molar-refractivity contribution in [3.63, 3.8) is 0 Å². The zero-order valence-corrected chi connectivity index (χ0v) is 6.26. The zero-order chi connectivity index (χ0) is 6.93. The molecule has 0 aromatic carbocycles. The summed E-state index contributed by atoms with van der Waals surface area (Å²) in [4.78, 5) is 11.4. The molecule has 54 valence electrons. The second kappa shape index (κ2) is 1.19. The van der Waals surface area contributed by atoms with Crippen LogP contribution in [0.3, 0.4) is 0 Å². The number of hydrogen-bond acceptors (Lipinski definition) is 1. The van der Waals surface area contributed by atoms with Crippen molar-refractivity contribution in [3.05, 3.63) is 0 Å². The van der Waals surface area contributed by atoms with E-state index in [1.165, 1.54) is 19.3 Å². The van der Waals surface area contributed by atoms with Crippen LogP contribution in [0.4, 0.5) is 0 Å². The van der Waals surface area contributed by atoms with Crippen molar-refractivity contribution in [2.45, 2.75) is 26.2 Å². The maximum absolute atomic E-state index is 11.4. The van der Waals surface area contributed by atoms with E-state index < -0.39 is 0 Å². The van der Waals surface area contributed by atoms with Crippen LogP contribution in [0.5, 0.6) is 0 Å². The molecular formula is C9H12O. The van der Waals surface area contributed by atoms with E-state index >= 15 is 0 Å². The normalized spacial score (nSPS) is 62.9. The molecule has 0 unspecified atom stereocenters. The first kappa shape index (κ1) is 5.34. The minimum absolute atomic E-state index is 0.486. The van der Waals surface area contributed by atoms with Crippen molar-refractivity contribution in [1.29, 1.82) is 0 Å². The predicted octanol–water partition coefficient (Wildman–Crippen LogP) is 1.62. The smallest absolute Gasteiger partial charge is 0.139 e. The van der Waals surface area contributed by atoms with Crippen LogP contribution in [-0.2, 0) is 4.79 Å². The molecule has 4 fully saturated rings. The van der Waals surface area contributed by atoms with E-state index in [0.29, 0.717) is 23.0 Å². The molecule has 1 nitrogen and oxygen atoms in total. The van der Waals surface area contributed by atoms with Gasteiger partial charge in [-0.05, 0) is 30.6 Å². The monoisotopic (exact) mass is 136 g/mol. The van der Waals surface area contributed by atoms with E-state index in [2.05, 4.69) is 6.92 Å². The molecule has 1 heteroatoms. The molecule has 0 amide bonds. The van der Waals surface area contributed by atoms with Crippen molar-refractivity contribution in [2.24, 2.45) is 23.2 Å². The number of ketones is 1. The van der Waals surface area contributed by atoms with Gasteiger partial charge in [0, 0.05) is 11.8 Å². The van der Waals surface area contributed by atoms with Gasteiger partial charge in [0.2, 0.25) is 0 Å². The van der Waals surface area contributed by atoms with Gasteiger partial charge < -0.3 is 0 Å². The summed E-state index contributed by atoms with van der Waals surface area (Å²) < 4.78 is 0. The molecule has 4 bridgehead atoms. The first-order valence-corrected chi connectivity index (χ1v) is 4.27. The van der Waals surface area contributed by atoms with Gasteiger partial charge in [0.15, 0.2) is 0 Å². The highest BCUT2D eigenvalue weighted by atomic mass is 16.1. The Kier molecular flexibility index (Phi) is 0.637. The Morgan fingerprint density at radius 2 is 2.30 bits per heavy atom. The highest BCUT2D eigenvalue weighted by molar-refractivity contribution is 5.91. The largest absolute Gasteiger partial charge is 0.299 e. The van der Waals surface area contributed by atoms with Crippen LogP contribution < -0.4 is 0 Å². The lowest BCUT2D eigenvalue weighted by Gasteiger charge is -2.22. The van der Waals surface area contributed by atoms with Crippen molar-refractivity contribution < 1.29 is 4.79 Å². The van der Waals surface area contributed by atoms with Crippen LogP contribution in [0.1, 0.15) is 26.2 Å². The van der Waals surface area contributed by atoms with Gasteiger partial charge in [-0.15, -0.1) is 0 Å². The molecule has 4 aliphatic carbocycles. The van der Waals surface area contributed by atoms with Crippen LogP contribution in [0, 0.1) is 23.2 Å². The van der Waals surface area contributed by atoms with Crippen molar-refractivity contribution >= 4 is 5.78 Å². The Morgan fingerprint density at radius 1 is 1.50 bits per heavy atom. The molecule has 0 N–H and O–H groups in total. The molecule has 10 heavy (non-hydrogen) atoms. The third-order valence-corrected chi connectivity index (χ3v) is 4.07. The highest BCUT2D eigenvalue weighted by Gasteiger charge is 2.72. The molecule has 0 saturated heterocycles. The summed E-state index contributed by atoms with van der Waals surface area (Å²) in [6, 6.07) is 0. The Bertz CT molecular complexity index is 221. The summed E-state index contributed by atoms with van der Waals surface area (Å²) >= 11 is 0. The molecule has 0 spiro atoms. The molecule has 0 heterocycles. The fourth-order valence-corrected chi connectivity index (χ4v) is 3.47. The highest BCUT2D eigenvalue weighted by Crippen LogP contribution is 2.73. The maximum Gasteiger partial charge on any atom is 0.139 e. The van der Waals surface area contributed by atoms with Gasteiger partial charge in [-0.1, -0.05) is 6.92 Å². The van der Waals surface area contributed by atoms with E-state index in [1.807, 2.05) is 0 Å². The standard InChI is InChI=1S/C9H12O/c1-9-4-5-2-3-6(9)7(9)8(5)10/h5-7H,2-4H2,1H3/t5-,6+,7-,9+/m1/s1. The fourth-order valence-electron chi connectivity index (χ4n) is 3.47. The van der Waals surface area contributed by atoms with Crippen LogP contribution >= 0.6 is 0 Å². The van der Waals surface area contributed by atoms with Gasteiger partial charge in [0.25, 0.3) is 0 Å². The Labute approximate surface area is 60.8 Å². The molecule has 0 aromatic heterocycles. The van der Waals surface area contributed by atoms with E-state index in [9.17, 15) is 4.79 Å². The van der Waals surface area contributed by atoms with Crippen molar-refractivity contribution in [2.75, 3.05) is 0 Å². The number of hydrogen-bond donors (Lipinski definition) is 0. The SMILES string of the molecule is C[C@]12C[C@H]3CC[C@H]1[C@@H]2C3=O. The summed E-state index contributed by atoms with van der Waals surface area (Å²) in [5.74, 6) is 2.43. The topological polar surface area (TPSA) is 17.1 Å². The van der Waals surface area contributed by atoms with Crippen molar-refractivity contribution in [1.82, 2.24) is 0 Å². The summed E-state index contributed by atoms with van der Waals surface area (Å²) in [6.07, 6.45) is 3.77. The summed E-state index contributed by atoms with van der Waals surface area (Å²) in [5, 5.41) is 0. The summed E-state index contributed by atoms with van der Waals surface area (Å²) in [6.45, 7) is 2.30. The fraction of sp³-hybridized carbons (Fsp3) is 0.889. The molecule has 0 aromatic rings. The average Bonchev–Trinajstić information content (AvgIpc) is 2.44. The lowest BCUT2D eigenvalue weighted by Crippen LogP contribution is -2.20. The molecule has 4 aliphatic rings. The van der Waals surface area contributed by atoms with Crippen LogP contribution in [0.15, 0.2) is 0 Å². The third-order valence-electron chi connectivity index (χ3n) is 4.07. The Balaban J connectivity index is 2.09. The van der Waals surface area contributed by atoms with Gasteiger partial charge in [-0.25, -0.2) is 0 Å². The molecule has 0 aliphatic heterocycles. The van der Waals surface area contributed by atoms with Crippen LogP contribution in [0.25, 0.3) is 0 Å². The van der Waals surface area contributed by atoms with Crippen LogP contribution in [0.2, 0.25) is 0 Å². The minimum atomic E-state index is 0.486. The second-order valence-corrected chi connectivity index (χ2v) is 4.47. The van der Waals surface area contributed by atoms with E-state index in [-0.39, 0.29) is 0 Å². The number of carbonyl (C=O) groups excluding carboxylic acids is 1. The third kappa shape index (κ3) is 0.340. The summed E-state index contributed by atoms with van der Waals surface area (Å²) in [5.41, 5.74) is 0.500. The quantitative estimate of drug-likeness (QED) is 0.494. The van der Waals surface area contributed by atoms with E-state index in [1.54, 1.807) is 0 Å². The average molecular weight is 136 g/mol. The number of rotatable bonds is 0. The van der Waals surface area contributed by atoms with Crippen molar-refractivity contribution in [3.8, 4) is 0 Å². The first-order chi connectivity index (χ1) is 4.73. The second-order valence-electron chi connectivity index (χ2n) is 4.47. The van der Waals surface area contributed by atoms with E-state index in [4.69, 9.17) is 0 Å². The molecule has 4 atom stereocenters. The molecular weight excluding hydrogens is 124 g/mol. The number of Topliss-reactive ketones (excluding diaryl/α,β-unsaturated/α-hetero) is 1. The maximum atomic E-state index is 11.4. The Hall–Kier alpha value is -0.330. The lowest BCUT2D eigenvalue weighted by molar-refractivity contribution is -0.124. The van der Waals surface area contributed by atoms with Crippen LogP contribution in [-0.4, -0.2) is 5.78 Å². The summed E-state index contributed by atoms with van der Waals surface area (Å²) in [7, 11) is 0. The number of fused-ring (bicyclic) bond motifs is 1. The van der Waals surface area contributed by atoms with Gasteiger partial charge in [-0.2, -0.15) is 0 Å². The minimum Gasteiger partial charge on any atom is -0.299 e. The Morgan fingerprint density at radius 3 is 2.60 bits per heavy atom. The lowest BCUT2D eigenvalue weighted by atomic mass is 9.81. The van der Waals surface area contributed by atoms with Gasteiger partial charge in [0.1, 0.15) is 5.78 Å². The molecule has 0 radical (unpaired) electrons. The van der Waals surface area contributed by atoms with Gasteiger partial charge in [0.05, 0.1) is 0 Å². The predicted molar refractivity (Wildman–Crippen MR) is 37.4 cm³/mol.